The van der Waals surface area contributed by atoms with E-state index in [4.69, 9.17) is 4.74 Å². The summed E-state index contributed by atoms with van der Waals surface area (Å²) in [6.07, 6.45) is 0.954. The summed E-state index contributed by atoms with van der Waals surface area (Å²) in [4.78, 5) is 16.9. The number of carbonyl (C=O) groups is 1. The van der Waals surface area contributed by atoms with Crippen LogP contribution in [0.2, 0.25) is 0 Å². The second kappa shape index (κ2) is 5.13. The Bertz CT molecular complexity index is 597. The molecule has 1 unspecified atom stereocenters. The molecule has 0 radical (unpaired) electrons. The molecule has 0 spiro atoms. The minimum atomic E-state index is -0.724. The van der Waals surface area contributed by atoms with Gasteiger partial charge in [0.05, 0.1) is 17.5 Å². The highest BCUT2D eigenvalue weighted by atomic mass is 16.5. The van der Waals surface area contributed by atoms with E-state index >= 15 is 0 Å². The van der Waals surface area contributed by atoms with Crippen LogP contribution in [0.15, 0.2) is 24.3 Å². The van der Waals surface area contributed by atoms with Crippen molar-refractivity contribution in [1.29, 1.82) is 0 Å². The molecule has 0 N–H and O–H groups in total. The van der Waals surface area contributed by atoms with Gasteiger partial charge in [-0.15, -0.1) is 0 Å². The van der Waals surface area contributed by atoms with Gasteiger partial charge in [0.25, 0.3) is 0 Å². The van der Waals surface area contributed by atoms with Gasteiger partial charge in [0.1, 0.15) is 11.4 Å². The summed E-state index contributed by atoms with van der Waals surface area (Å²) in [7, 11) is 3.52. The van der Waals surface area contributed by atoms with Crippen molar-refractivity contribution in [3.05, 3.63) is 30.1 Å². The second-order valence-corrected chi connectivity index (χ2v) is 4.96. The second-order valence-electron chi connectivity index (χ2n) is 4.96. The molecule has 0 saturated heterocycles. The van der Waals surface area contributed by atoms with Gasteiger partial charge in [-0.3, -0.25) is 4.79 Å². The fraction of sp³-hybridized carbons (Fsp3) is 0.467. The Kier molecular flexibility index (Phi) is 3.71. The van der Waals surface area contributed by atoms with Gasteiger partial charge < -0.3 is 9.30 Å². The number of imidazole rings is 1. The maximum absolute atomic E-state index is 12.3. The number of aromatic nitrogens is 2. The highest BCUT2D eigenvalue weighted by Gasteiger charge is 2.31. The van der Waals surface area contributed by atoms with E-state index in [-0.39, 0.29) is 5.78 Å². The molecule has 2 aromatic rings. The Morgan fingerprint density at radius 3 is 2.68 bits per heavy atom. The maximum atomic E-state index is 12.3. The van der Waals surface area contributed by atoms with Crippen molar-refractivity contribution in [2.75, 3.05) is 7.11 Å². The molecule has 1 heterocycles. The third-order valence-electron chi connectivity index (χ3n) is 3.91. The van der Waals surface area contributed by atoms with Crippen LogP contribution in [0.25, 0.3) is 11.0 Å². The van der Waals surface area contributed by atoms with Gasteiger partial charge >= 0.3 is 0 Å². The van der Waals surface area contributed by atoms with Crippen LogP contribution >= 0.6 is 0 Å². The first-order valence-corrected chi connectivity index (χ1v) is 6.50. The van der Waals surface area contributed by atoms with Crippen molar-refractivity contribution < 1.29 is 9.53 Å². The number of hydrogen-bond donors (Lipinski definition) is 0. The van der Waals surface area contributed by atoms with Gasteiger partial charge in [-0.1, -0.05) is 19.1 Å². The number of nitrogens with zero attached hydrogens (tertiary/aromatic N) is 2. The number of ketones is 1. The van der Waals surface area contributed by atoms with E-state index in [0.29, 0.717) is 12.8 Å². The van der Waals surface area contributed by atoms with Crippen LogP contribution in [0, 0.1) is 0 Å². The molecule has 0 saturated carbocycles. The zero-order chi connectivity index (χ0) is 14.0. The van der Waals surface area contributed by atoms with E-state index in [0.717, 1.165) is 16.9 Å². The largest absolute Gasteiger partial charge is 0.371 e. The number of aryl methyl sites for hydroxylation is 1. The van der Waals surface area contributed by atoms with Crippen LogP contribution in [0.1, 0.15) is 26.1 Å². The van der Waals surface area contributed by atoms with E-state index in [2.05, 4.69) is 4.98 Å². The minimum Gasteiger partial charge on any atom is -0.371 e. The molecule has 0 aliphatic rings. The molecule has 1 aromatic heterocycles. The highest BCUT2D eigenvalue weighted by molar-refractivity contribution is 5.89. The molecular formula is C15H20N2O2. The minimum absolute atomic E-state index is 0.0657. The Balaban J connectivity index is 2.31. The number of Topliss-reactive ketones (excluding diaryl/α,β-unsaturated/α-hetero) is 1. The SMILES string of the molecule is CCC(C)(OC)C(=O)Cc1nc2ccccc2n1C. The molecular weight excluding hydrogens is 240 g/mol. The van der Waals surface area contributed by atoms with Crippen molar-refractivity contribution >= 4 is 16.8 Å². The van der Waals surface area contributed by atoms with Crippen LogP contribution in [0.3, 0.4) is 0 Å². The molecule has 4 heteroatoms. The molecule has 4 nitrogen and oxygen atoms in total. The van der Waals surface area contributed by atoms with Gasteiger partial charge in [0.2, 0.25) is 0 Å². The first-order chi connectivity index (χ1) is 9.01. The number of para-hydroxylation sites is 2. The zero-order valence-corrected chi connectivity index (χ0v) is 11.9. The molecule has 102 valence electrons. The summed E-state index contributed by atoms with van der Waals surface area (Å²) >= 11 is 0. The lowest BCUT2D eigenvalue weighted by Gasteiger charge is -2.24. The fourth-order valence-corrected chi connectivity index (χ4v) is 2.14. The van der Waals surface area contributed by atoms with E-state index in [1.54, 1.807) is 7.11 Å². The molecule has 2 rings (SSSR count). The van der Waals surface area contributed by atoms with E-state index in [9.17, 15) is 4.79 Å². The van der Waals surface area contributed by atoms with Crippen LogP contribution in [0.5, 0.6) is 0 Å². The number of fused-ring (bicyclic) bond motifs is 1. The maximum Gasteiger partial charge on any atom is 0.171 e. The van der Waals surface area contributed by atoms with Crippen molar-refractivity contribution in [2.24, 2.45) is 7.05 Å². The summed E-state index contributed by atoms with van der Waals surface area (Å²) < 4.78 is 7.32. The molecule has 1 aromatic carbocycles. The summed E-state index contributed by atoms with van der Waals surface area (Å²) in [5, 5.41) is 0. The first kappa shape index (κ1) is 13.7. The van der Waals surface area contributed by atoms with Crippen LogP contribution < -0.4 is 0 Å². The Hall–Kier alpha value is -1.68. The Morgan fingerprint density at radius 1 is 1.42 bits per heavy atom. The van der Waals surface area contributed by atoms with Gasteiger partial charge in [0.15, 0.2) is 5.78 Å². The quantitative estimate of drug-likeness (QED) is 0.829. The fourth-order valence-electron chi connectivity index (χ4n) is 2.14. The Morgan fingerprint density at radius 2 is 2.11 bits per heavy atom. The average molecular weight is 260 g/mol. The number of rotatable bonds is 5. The third kappa shape index (κ3) is 2.40. The topological polar surface area (TPSA) is 44.1 Å². The van der Waals surface area contributed by atoms with Crippen LogP contribution in [-0.2, 0) is 23.0 Å². The van der Waals surface area contributed by atoms with Crippen molar-refractivity contribution in [3.63, 3.8) is 0 Å². The number of carbonyl (C=O) groups excluding carboxylic acids is 1. The van der Waals surface area contributed by atoms with Gasteiger partial charge in [-0.25, -0.2) is 4.98 Å². The standard InChI is InChI=1S/C15H20N2O2/c1-5-15(2,19-4)13(18)10-14-16-11-8-6-7-9-12(11)17(14)3/h6-9H,5,10H2,1-4H3. The lowest BCUT2D eigenvalue weighted by molar-refractivity contribution is -0.138. The molecule has 0 amide bonds. The molecule has 0 aliphatic carbocycles. The van der Waals surface area contributed by atoms with Gasteiger partial charge in [0, 0.05) is 14.2 Å². The van der Waals surface area contributed by atoms with E-state index in [1.165, 1.54) is 0 Å². The summed E-state index contributed by atoms with van der Waals surface area (Å²) in [6, 6.07) is 7.89. The summed E-state index contributed by atoms with van der Waals surface area (Å²) in [5.41, 5.74) is 1.24. The summed E-state index contributed by atoms with van der Waals surface area (Å²) in [6.45, 7) is 3.79. The molecule has 0 bridgehead atoms. The highest BCUT2D eigenvalue weighted by Crippen LogP contribution is 2.20. The van der Waals surface area contributed by atoms with Crippen molar-refractivity contribution in [2.45, 2.75) is 32.3 Å². The van der Waals surface area contributed by atoms with Gasteiger partial charge in [-0.2, -0.15) is 0 Å². The third-order valence-corrected chi connectivity index (χ3v) is 3.91. The zero-order valence-electron chi connectivity index (χ0n) is 11.9. The molecule has 19 heavy (non-hydrogen) atoms. The van der Waals surface area contributed by atoms with Gasteiger partial charge in [-0.05, 0) is 25.5 Å². The van der Waals surface area contributed by atoms with Crippen LogP contribution in [0.4, 0.5) is 0 Å². The Labute approximate surface area is 113 Å². The van der Waals surface area contributed by atoms with Crippen molar-refractivity contribution in [1.82, 2.24) is 9.55 Å². The smallest absolute Gasteiger partial charge is 0.171 e. The predicted molar refractivity (Wildman–Crippen MR) is 75.1 cm³/mol. The number of benzene rings is 1. The summed E-state index contributed by atoms with van der Waals surface area (Å²) in [5.74, 6) is 0.846. The number of hydrogen-bond acceptors (Lipinski definition) is 3. The number of ether oxygens (including phenoxy) is 1. The molecule has 1 atom stereocenters. The monoisotopic (exact) mass is 260 g/mol. The lowest BCUT2D eigenvalue weighted by atomic mass is 9.95. The normalized spacial score (nSPS) is 14.5. The number of methoxy groups -OCH3 is 1. The average Bonchev–Trinajstić information content (AvgIpc) is 2.75. The van der Waals surface area contributed by atoms with E-state index in [1.807, 2.05) is 49.7 Å². The molecule has 0 fully saturated rings. The van der Waals surface area contributed by atoms with Crippen LogP contribution in [-0.4, -0.2) is 28.0 Å². The first-order valence-electron chi connectivity index (χ1n) is 6.50. The van der Waals surface area contributed by atoms with Crippen molar-refractivity contribution in [3.8, 4) is 0 Å². The predicted octanol–water partition coefficient (Wildman–Crippen LogP) is 2.50. The van der Waals surface area contributed by atoms with E-state index < -0.39 is 5.60 Å². The lowest BCUT2D eigenvalue weighted by Crippen LogP contribution is -2.38. The molecule has 0 aliphatic heterocycles.